The average Bonchev–Trinajstić information content (AvgIpc) is 2.84. The molecule has 0 fully saturated rings. The maximum Gasteiger partial charge on any atom is 0.305 e. The quantitative estimate of drug-likeness (QED) is 0.117. The number of phenolic OH excluding ortho intramolecular Hbond substituents is 1. The first kappa shape index (κ1) is 34.3. The molecule has 0 bridgehead atoms. The molecule has 0 aliphatic heterocycles. The van der Waals surface area contributed by atoms with Gasteiger partial charge < -0.3 is 9.84 Å². The van der Waals surface area contributed by atoms with E-state index in [2.05, 4.69) is 72.8 Å². The fraction of sp³-hybridized carbons (Fsp3) is 0.743. The van der Waals surface area contributed by atoms with Crippen molar-refractivity contribution in [3.05, 3.63) is 41.0 Å². The van der Waals surface area contributed by atoms with E-state index in [9.17, 15) is 9.90 Å². The van der Waals surface area contributed by atoms with E-state index in [-0.39, 0.29) is 16.8 Å². The summed E-state index contributed by atoms with van der Waals surface area (Å²) in [7, 11) is 0. The van der Waals surface area contributed by atoms with Crippen molar-refractivity contribution >= 4 is 5.97 Å². The van der Waals surface area contributed by atoms with Crippen LogP contribution in [0.2, 0.25) is 0 Å². The van der Waals surface area contributed by atoms with Gasteiger partial charge in [-0.05, 0) is 72.0 Å². The number of rotatable bonds is 18. The molecule has 1 N–H and O–H groups in total. The van der Waals surface area contributed by atoms with Crippen LogP contribution < -0.4 is 0 Å². The van der Waals surface area contributed by atoms with Crippen LogP contribution in [0.1, 0.15) is 168 Å². The molecule has 1 unspecified atom stereocenters. The van der Waals surface area contributed by atoms with E-state index in [1.165, 1.54) is 63.4 Å². The van der Waals surface area contributed by atoms with Crippen molar-refractivity contribution in [2.24, 2.45) is 0 Å². The SMILES string of the molecule is CCCCCCCCC=CCCCCCC(CCOC(=O)CC)c1cc(C(C)(C)C)c(O)c(C(C)(C)C)c1. The minimum absolute atomic E-state index is 0.132. The van der Waals surface area contributed by atoms with Crippen molar-refractivity contribution in [1.82, 2.24) is 0 Å². The number of esters is 1. The molecule has 0 heterocycles. The summed E-state index contributed by atoms with van der Waals surface area (Å²) in [6, 6.07) is 4.42. The lowest BCUT2D eigenvalue weighted by atomic mass is 9.76. The average molecular weight is 529 g/mol. The van der Waals surface area contributed by atoms with Gasteiger partial charge in [-0.25, -0.2) is 0 Å². The van der Waals surface area contributed by atoms with Gasteiger partial charge in [0.15, 0.2) is 0 Å². The molecule has 1 atom stereocenters. The second kappa shape index (κ2) is 17.7. The third-order valence-corrected chi connectivity index (χ3v) is 7.55. The predicted molar refractivity (Wildman–Crippen MR) is 164 cm³/mol. The summed E-state index contributed by atoms with van der Waals surface area (Å²) in [4.78, 5) is 11.8. The lowest BCUT2D eigenvalue weighted by Gasteiger charge is -2.30. The summed E-state index contributed by atoms with van der Waals surface area (Å²) >= 11 is 0. The first-order valence-electron chi connectivity index (χ1n) is 15.6. The van der Waals surface area contributed by atoms with Gasteiger partial charge >= 0.3 is 5.97 Å². The molecule has 0 aromatic heterocycles. The van der Waals surface area contributed by atoms with E-state index >= 15 is 0 Å². The molecule has 0 saturated heterocycles. The minimum atomic E-state index is -0.152. The second-order valence-electron chi connectivity index (χ2n) is 13.2. The van der Waals surface area contributed by atoms with Gasteiger partial charge in [-0.1, -0.05) is 125 Å². The van der Waals surface area contributed by atoms with Gasteiger partial charge in [-0.3, -0.25) is 4.79 Å². The summed E-state index contributed by atoms with van der Waals surface area (Å²) in [6.45, 7) is 17.5. The van der Waals surface area contributed by atoms with Gasteiger partial charge in [0.05, 0.1) is 6.61 Å². The molecule has 0 spiro atoms. The number of benzene rings is 1. The molecule has 1 rings (SSSR count). The van der Waals surface area contributed by atoms with E-state index in [1.54, 1.807) is 0 Å². The van der Waals surface area contributed by atoms with E-state index in [4.69, 9.17) is 4.74 Å². The molecule has 0 saturated carbocycles. The standard InChI is InChI=1S/C35H60O3/c1-9-11-12-13-14-15-16-17-18-19-20-21-22-23-28(24-25-38-32(36)10-2)29-26-30(34(3,4)5)33(37)31(27-29)35(6,7)8/h17-18,26-28,37H,9-16,19-25H2,1-8H3. The van der Waals surface area contributed by atoms with Crippen molar-refractivity contribution in [3.63, 3.8) is 0 Å². The van der Waals surface area contributed by atoms with Gasteiger partial charge in [-0.2, -0.15) is 0 Å². The van der Waals surface area contributed by atoms with Crippen molar-refractivity contribution in [2.45, 2.75) is 162 Å². The van der Waals surface area contributed by atoms with Crippen LogP contribution in [-0.4, -0.2) is 17.7 Å². The molecule has 3 nitrogen and oxygen atoms in total. The molecule has 0 amide bonds. The number of allylic oxidation sites excluding steroid dienone is 2. The lowest BCUT2D eigenvalue weighted by Crippen LogP contribution is -2.19. The van der Waals surface area contributed by atoms with Crippen LogP contribution in [0.3, 0.4) is 0 Å². The Morgan fingerprint density at radius 3 is 1.79 bits per heavy atom. The maximum atomic E-state index is 11.8. The number of ether oxygens (including phenoxy) is 1. The maximum absolute atomic E-state index is 11.8. The smallest absolute Gasteiger partial charge is 0.305 e. The number of unbranched alkanes of at least 4 members (excludes halogenated alkanes) is 9. The molecule has 0 aliphatic rings. The third kappa shape index (κ3) is 13.3. The highest BCUT2D eigenvalue weighted by Crippen LogP contribution is 2.42. The van der Waals surface area contributed by atoms with Crippen molar-refractivity contribution in [1.29, 1.82) is 0 Å². The molecule has 0 radical (unpaired) electrons. The molecule has 3 heteroatoms. The number of carbonyl (C=O) groups is 1. The number of phenols is 1. The van der Waals surface area contributed by atoms with Gasteiger partial charge in [0, 0.05) is 6.42 Å². The van der Waals surface area contributed by atoms with Gasteiger partial charge in [0.1, 0.15) is 5.75 Å². The fourth-order valence-corrected chi connectivity index (χ4v) is 5.04. The van der Waals surface area contributed by atoms with Crippen LogP contribution in [-0.2, 0) is 20.4 Å². The molecule has 218 valence electrons. The summed E-state index contributed by atoms with van der Waals surface area (Å²) in [6.07, 6.45) is 21.2. The first-order valence-corrected chi connectivity index (χ1v) is 15.6. The van der Waals surface area contributed by atoms with Crippen molar-refractivity contribution < 1.29 is 14.6 Å². The number of hydrogen-bond donors (Lipinski definition) is 1. The number of carbonyl (C=O) groups excluding carboxylic acids is 1. The highest BCUT2D eigenvalue weighted by atomic mass is 16.5. The van der Waals surface area contributed by atoms with Crippen LogP contribution in [0.15, 0.2) is 24.3 Å². The highest BCUT2D eigenvalue weighted by molar-refractivity contribution is 5.68. The topological polar surface area (TPSA) is 46.5 Å². The van der Waals surface area contributed by atoms with Crippen LogP contribution >= 0.6 is 0 Å². The van der Waals surface area contributed by atoms with Crippen molar-refractivity contribution in [3.8, 4) is 5.75 Å². The molecule has 1 aromatic carbocycles. The summed E-state index contributed by atoms with van der Waals surface area (Å²) in [5, 5.41) is 11.2. The van der Waals surface area contributed by atoms with E-state index in [0.29, 0.717) is 24.7 Å². The summed E-state index contributed by atoms with van der Waals surface area (Å²) < 4.78 is 5.48. The first-order chi connectivity index (χ1) is 17.9. The summed E-state index contributed by atoms with van der Waals surface area (Å²) in [5.74, 6) is 0.608. The molecular weight excluding hydrogens is 468 g/mol. The normalized spacial score (nSPS) is 13.3. The number of aromatic hydroxyl groups is 1. The van der Waals surface area contributed by atoms with Crippen LogP contribution in [0.25, 0.3) is 0 Å². The largest absolute Gasteiger partial charge is 0.507 e. The third-order valence-electron chi connectivity index (χ3n) is 7.55. The Hall–Kier alpha value is -1.77. The van der Waals surface area contributed by atoms with Crippen molar-refractivity contribution in [2.75, 3.05) is 6.61 Å². The van der Waals surface area contributed by atoms with Crippen LogP contribution in [0.5, 0.6) is 5.75 Å². The Morgan fingerprint density at radius 2 is 1.29 bits per heavy atom. The lowest BCUT2D eigenvalue weighted by molar-refractivity contribution is -0.143. The molecule has 1 aromatic rings. The summed E-state index contributed by atoms with van der Waals surface area (Å²) in [5.41, 5.74) is 2.98. The van der Waals surface area contributed by atoms with E-state index in [1.807, 2.05) is 6.92 Å². The van der Waals surface area contributed by atoms with Gasteiger partial charge in [0.25, 0.3) is 0 Å². The Morgan fingerprint density at radius 1 is 0.789 bits per heavy atom. The fourth-order valence-electron chi connectivity index (χ4n) is 5.04. The zero-order valence-corrected chi connectivity index (χ0v) is 26.3. The minimum Gasteiger partial charge on any atom is -0.507 e. The van der Waals surface area contributed by atoms with E-state index < -0.39 is 0 Å². The Balaban J connectivity index is 2.78. The molecule has 0 aliphatic carbocycles. The Labute approximate surface area is 235 Å². The monoisotopic (exact) mass is 528 g/mol. The van der Waals surface area contributed by atoms with E-state index in [0.717, 1.165) is 36.8 Å². The second-order valence-corrected chi connectivity index (χ2v) is 13.2. The van der Waals surface area contributed by atoms with Crippen LogP contribution in [0.4, 0.5) is 0 Å². The Kier molecular flexibility index (Phi) is 16.0. The zero-order valence-electron chi connectivity index (χ0n) is 26.3. The van der Waals surface area contributed by atoms with Gasteiger partial charge in [-0.15, -0.1) is 0 Å². The zero-order chi connectivity index (χ0) is 28.6. The Bertz CT molecular complexity index is 788. The number of hydrogen-bond acceptors (Lipinski definition) is 3. The van der Waals surface area contributed by atoms with Gasteiger partial charge in [0.2, 0.25) is 0 Å². The molecular formula is C35H60O3. The molecule has 38 heavy (non-hydrogen) atoms. The highest BCUT2D eigenvalue weighted by Gasteiger charge is 2.28. The van der Waals surface area contributed by atoms with Crippen LogP contribution in [0, 0.1) is 0 Å². The predicted octanol–water partition coefficient (Wildman–Crippen LogP) is 10.7.